The van der Waals surface area contributed by atoms with Crippen molar-refractivity contribution in [1.82, 2.24) is 0 Å². The van der Waals surface area contributed by atoms with Crippen LogP contribution in [0.3, 0.4) is 0 Å². The summed E-state index contributed by atoms with van der Waals surface area (Å²) in [5, 5.41) is 0. The predicted molar refractivity (Wildman–Crippen MR) is 95.0 cm³/mol. The van der Waals surface area contributed by atoms with Crippen molar-refractivity contribution in [2.24, 2.45) is 0 Å². The lowest BCUT2D eigenvalue weighted by molar-refractivity contribution is 0.0286. The summed E-state index contributed by atoms with van der Waals surface area (Å²) in [5.41, 5.74) is -0.128. The van der Waals surface area contributed by atoms with Gasteiger partial charge in [0.2, 0.25) is 11.5 Å². The van der Waals surface area contributed by atoms with E-state index in [2.05, 4.69) is 0 Å². The fraction of sp³-hybridized carbons (Fsp3) is 0.143. The quantitative estimate of drug-likeness (QED) is 0.422. The second-order valence-corrected chi connectivity index (χ2v) is 6.05. The molecule has 1 unspecified atom stereocenters. The van der Waals surface area contributed by atoms with Gasteiger partial charge in [0.25, 0.3) is 0 Å². The van der Waals surface area contributed by atoms with Crippen LogP contribution in [0.15, 0.2) is 59.0 Å². The Morgan fingerprint density at radius 2 is 1.69 bits per heavy atom. The molecule has 3 aromatic rings. The molecule has 0 amide bonds. The second kappa shape index (κ2) is 8.64. The summed E-state index contributed by atoms with van der Waals surface area (Å²) in [6, 6.07) is 10.9. The molecule has 8 heteroatoms. The molecule has 0 aliphatic carbocycles. The standard InChI is InChI=1S/C21H15F3O5/c1-12(20(25)13-2-8-17(23)18(24)10-13)28-21(26)19-9-7-16(29-19)11-27-15-5-3-14(22)4-6-15/h2-10,12H,11H2,1H3. The van der Waals surface area contributed by atoms with Crippen molar-refractivity contribution in [2.45, 2.75) is 19.6 Å². The number of hydrogen-bond donors (Lipinski definition) is 0. The first kappa shape index (κ1) is 20.2. The van der Waals surface area contributed by atoms with Gasteiger partial charge in [-0.2, -0.15) is 0 Å². The lowest BCUT2D eigenvalue weighted by atomic mass is 10.1. The van der Waals surface area contributed by atoms with E-state index >= 15 is 0 Å². The summed E-state index contributed by atoms with van der Waals surface area (Å²) in [4.78, 5) is 24.4. The molecule has 3 rings (SSSR count). The summed E-state index contributed by atoms with van der Waals surface area (Å²) in [6.07, 6.45) is -1.24. The molecule has 29 heavy (non-hydrogen) atoms. The molecule has 150 valence electrons. The average molecular weight is 404 g/mol. The topological polar surface area (TPSA) is 65.7 Å². The maximum atomic E-state index is 13.3. The van der Waals surface area contributed by atoms with Crippen LogP contribution in [0, 0.1) is 17.5 Å². The van der Waals surface area contributed by atoms with Gasteiger partial charge in [0.05, 0.1) is 0 Å². The number of ketones is 1. The fourth-order valence-corrected chi connectivity index (χ4v) is 2.41. The molecule has 0 bridgehead atoms. The number of carbonyl (C=O) groups is 2. The normalized spacial score (nSPS) is 11.7. The molecule has 1 heterocycles. The van der Waals surface area contributed by atoms with Gasteiger partial charge in [0.15, 0.2) is 17.7 Å². The number of esters is 1. The van der Waals surface area contributed by atoms with Crippen molar-refractivity contribution >= 4 is 11.8 Å². The first-order valence-electron chi connectivity index (χ1n) is 8.51. The van der Waals surface area contributed by atoms with Crippen LogP contribution >= 0.6 is 0 Å². The third kappa shape index (κ3) is 5.04. The summed E-state index contributed by atoms with van der Waals surface area (Å²) < 4.78 is 54.9. The molecule has 1 aromatic heterocycles. The van der Waals surface area contributed by atoms with Gasteiger partial charge >= 0.3 is 5.97 Å². The van der Waals surface area contributed by atoms with Gasteiger partial charge in [0, 0.05) is 5.56 Å². The van der Waals surface area contributed by atoms with E-state index in [0.29, 0.717) is 11.5 Å². The van der Waals surface area contributed by atoms with Gasteiger partial charge in [-0.1, -0.05) is 0 Å². The molecule has 0 spiro atoms. The maximum absolute atomic E-state index is 13.3. The summed E-state index contributed by atoms with van der Waals surface area (Å²) >= 11 is 0. The molecule has 0 saturated heterocycles. The maximum Gasteiger partial charge on any atom is 0.374 e. The molecule has 2 aromatic carbocycles. The van der Waals surface area contributed by atoms with Crippen molar-refractivity contribution in [3.05, 3.63) is 89.1 Å². The minimum atomic E-state index is -1.24. The highest BCUT2D eigenvalue weighted by Crippen LogP contribution is 2.17. The van der Waals surface area contributed by atoms with Gasteiger partial charge in [-0.25, -0.2) is 18.0 Å². The second-order valence-electron chi connectivity index (χ2n) is 6.05. The number of rotatable bonds is 7. The van der Waals surface area contributed by atoms with Crippen LogP contribution in [-0.2, 0) is 11.3 Å². The zero-order valence-corrected chi connectivity index (χ0v) is 15.2. The average Bonchev–Trinajstić information content (AvgIpc) is 3.18. The van der Waals surface area contributed by atoms with E-state index in [1.807, 2.05) is 0 Å². The van der Waals surface area contributed by atoms with Crippen LogP contribution in [0.2, 0.25) is 0 Å². The molecule has 1 atom stereocenters. The molecule has 0 saturated carbocycles. The van der Waals surface area contributed by atoms with E-state index in [4.69, 9.17) is 13.9 Å². The molecule has 0 aliphatic heterocycles. The van der Waals surface area contributed by atoms with Gasteiger partial charge in [-0.3, -0.25) is 4.79 Å². The van der Waals surface area contributed by atoms with Crippen LogP contribution in [0.4, 0.5) is 13.2 Å². The van der Waals surface area contributed by atoms with Crippen LogP contribution in [0.1, 0.15) is 33.6 Å². The summed E-state index contributed by atoms with van der Waals surface area (Å²) in [6.45, 7) is 1.30. The monoisotopic (exact) mass is 404 g/mol. The van der Waals surface area contributed by atoms with E-state index < -0.39 is 35.3 Å². The van der Waals surface area contributed by atoms with Gasteiger partial charge < -0.3 is 13.9 Å². The van der Waals surface area contributed by atoms with E-state index in [9.17, 15) is 22.8 Å². The van der Waals surface area contributed by atoms with Crippen LogP contribution in [0.5, 0.6) is 5.75 Å². The molecule has 5 nitrogen and oxygen atoms in total. The Bertz CT molecular complexity index is 1030. The number of hydrogen-bond acceptors (Lipinski definition) is 5. The van der Waals surface area contributed by atoms with E-state index in [0.717, 1.165) is 18.2 Å². The molecular weight excluding hydrogens is 389 g/mol. The Balaban J connectivity index is 1.58. The number of halogens is 3. The predicted octanol–water partition coefficient (Wildman–Crippen LogP) is 4.70. The molecule has 0 N–H and O–H groups in total. The van der Waals surface area contributed by atoms with Gasteiger partial charge in [-0.15, -0.1) is 0 Å². The van der Waals surface area contributed by atoms with Gasteiger partial charge in [-0.05, 0) is 61.5 Å². The van der Waals surface area contributed by atoms with E-state index in [-0.39, 0.29) is 17.9 Å². The lowest BCUT2D eigenvalue weighted by Gasteiger charge is -2.11. The van der Waals surface area contributed by atoms with Crippen molar-refractivity contribution in [3.63, 3.8) is 0 Å². The third-order valence-corrected chi connectivity index (χ3v) is 3.91. The summed E-state index contributed by atoms with van der Waals surface area (Å²) in [7, 11) is 0. The number of benzene rings is 2. The first-order chi connectivity index (χ1) is 13.8. The first-order valence-corrected chi connectivity index (χ1v) is 8.51. The highest BCUT2D eigenvalue weighted by molar-refractivity contribution is 6.01. The highest BCUT2D eigenvalue weighted by atomic mass is 19.2. The Morgan fingerprint density at radius 1 is 0.966 bits per heavy atom. The number of furan rings is 1. The Hall–Kier alpha value is -3.55. The third-order valence-electron chi connectivity index (χ3n) is 3.91. The van der Waals surface area contributed by atoms with E-state index in [1.165, 1.54) is 43.3 Å². The van der Waals surface area contributed by atoms with E-state index in [1.54, 1.807) is 0 Å². The molecule has 0 aliphatic rings. The van der Waals surface area contributed by atoms with Crippen molar-refractivity contribution < 1.29 is 36.7 Å². The largest absolute Gasteiger partial charge is 0.486 e. The Morgan fingerprint density at radius 3 is 2.38 bits per heavy atom. The number of carbonyl (C=O) groups excluding carboxylic acids is 2. The lowest BCUT2D eigenvalue weighted by Crippen LogP contribution is -2.24. The summed E-state index contributed by atoms with van der Waals surface area (Å²) in [5.74, 6) is -3.69. The van der Waals surface area contributed by atoms with Crippen molar-refractivity contribution in [2.75, 3.05) is 0 Å². The Labute approximate surface area is 163 Å². The molecule has 0 radical (unpaired) electrons. The highest BCUT2D eigenvalue weighted by Gasteiger charge is 2.23. The minimum Gasteiger partial charge on any atom is -0.486 e. The zero-order chi connectivity index (χ0) is 21.0. The van der Waals surface area contributed by atoms with Crippen molar-refractivity contribution in [3.8, 4) is 5.75 Å². The smallest absolute Gasteiger partial charge is 0.374 e. The number of ether oxygens (including phenoxy) is 2. The van der Waals surface area contributed by atoms with Gasteiger partial charge in [0.1, 0.15) is 23.9 Å². The van der Waals surface area contributed by atoms with Crippen LogP contribution < -0.4 is 4.74 Å². The number of Topliss-reactive ketones (excluding diaryl/α,β-unsaturated/α-hetero) is 1. The minimum absolute atomic E-state index is 0.0117. The molecule has 0 fully saturated rings. The van der Waals surface area contributed by atoms with Crippen LogP contribution in [-0.4, -0.2) is 17.9 Å². The van der Waals surface area contributed by atoms with Crippen molar-refractivity contribution in [1.29, 1.82) is 0 Å². The van der Waals surface area contributed by atoms with Crippen LogP contribution in [0.25, 0.3) is 0 Å². The SMILES string of the molecule is CC(OC(=O)c1ccc(COc2ccc(F)cc2)o1)C(=O)c1ccc(F)c(F)c1. The zero-order valence-electron chi connectivity index (χ0n) is 15.2. The Kier molecular flexibility index (Phi) is 6.01. The fourth-order valence-electron chi connectivity index (χ4n) is 2.41. The molecular formula is C21H15F3O5.